The third-order valence-electron chi connectivity index (χ3n) is 3.75. The zero-order valence-electron chi connectivity index (χ0n) is 14.3. The van der Waals surface area contributed by atoms with Gasteiger partial charge in [-0.1, -0.05) is 50.5 Å². The standard InChI is InChI=1S/C18H22ClFN2O2/c1-10(2)17-14(18(11(3)4)24-22-17)8-16(23)21-9-12-5-6-13(20)7-15(12)19/h5-7,10-11H,8-9H2,1-4H3,(H,21,23). The lowest BCUT2D eigenvalue weighted by atomic mass is 9.97. The van der Waals surface area contributed by atoms with Gasteiger partial charge in [-0.05, 0) is 23.6 Å². The molecule has 24 heavy (non-hydrogen) atoms. The highest BCUT2D eigenvalue weighted by atomic mass is 35.5. The molecule has 1 N–H and O–H groups in total. The molecule has 0 aliphatic carbocycles. The maximum absolute atomic E-state index is 13.0. The van der Waals surface area contributed by atoms with E-state index in [0.29, 0.717) is 10.6 Å². The number of aromatic nitrogens is 1. The van der Waals surface area contributed by atoms with Gasteiger partial charge in [-0.15, -0.1) is 0 Å². The van der Waals surface area contributed by atoms with E-state index in [0.717, 1.165) is 17.0 Å². The third-order valence-corrected chi connectivity index (χ3v) is 4.10. The normalized spacial score (nSPS) is 11.3. The fraction of sp³-hybridized carbons (Fsp3) is 0.444. The van der Waals surface area contributed by atoms with Crippen molar-refractivity contribution < 1.29 is 13.7 Å². The number of hydrogen-bond acceptors (Lipinski definition) is 3. The Kier molecular flexibility index (Phi) is 5.99. The second-order valence-electron chi connectivity index (χ2n) is 6.41. The third kappa shape index (κ3) is 4.35. The van der Waals surface area contributed by atoms with Crippen LogP contribution in [-0.2, 0) is 17.8 Å². The summed E-state index contributed by atoms with van der Waals surface area (Å²) in [4.78, 5) is 12.3. The minimum atomic E-state index is -0.400. The largest absolute Gasteiger partial charge is 0.361 e. The molecule has 0 radical (unpaired) electrons. The van der Waals surface area contributed by atoms with Crippen molar-refractivity contribution >= 4 is 17.5 Å². The molecule has 1 aromatic heterocycles. The summed E-state index contributed by atoms with van der Waals surface area (Å²) in [6, 6.07) is 4.12. The van der Waals surface area contributed by atoms with Gasteiger partial charge in [0.15, 0.2) is 0 Å². The van der Waals surface area contributed by atoms with Gasteiger partial charge in [-0.25, -0.2) is 4.39 Å². The van der Waals surface area contributed by atoms with Gasteiger partial charge in [0, 0.05) is 23.0 Å². The topological polar surface area (TPSA) is 55.1 Å². The van der Waals surface area contributed by atoms with Crippen LogP contribution in [-0.4, -0.2) is 11.1 Å². The molecule has 0 bridgehead atoms. The van der Waals surface area contributed by atoms with Crippen LogP contribution in [0.1, 0.15) is 62.1 Å². The molecule has 1 aromatic carbocycles. The average molecular weight is 353 g/mol. The van der Waals surface area contributed by atoms with Gasteiger partial charge in [0.25, 0.3) is 0 Å². The Hall–Kier alpha value is -1.88. The number of nitrogens with zero attached hydrogens (tertiary/aromatic N) is 1. The molecule has 0 saturated carbocycles. The lowest BCUT2D eigenvalue weighted by molar-refractivity contribution is -0.120. The molecule has 1 amide bonds. The van der Waals surface area contributed by atoms with E-state index >= 15 is 0 Å². The molecule has 0 saturated heterocycles. The van der Waals surface area contributed by atoms with Gasteiger partial charge < -0.3 is 9.84 Å². The van der Waals surface area contributed by atoms with Crippen molar-refractivity contribution in [2.45, 2.75) is 52.5 Å². The van der Waals surface area contributed by atoms with Crippen LogP contribution in [0.3, 0.4) is 0 Å². The summed E-state index contributed by atoms with van der Waals surface area (Å²) < 4.78 is 18.5. The first-order chi connectivity index (χ1) is 11.3. The first-order valence-electron chi connectivity index (χ1n) is 7.98. The highest BCUT2D eigenvalue weighted by Gasteiger charge is 2.22. The Morgan fingerprint density at radius 1 is 1.29 bits per heavy atom. The van der Waals surface area contributed by atoms with Gasteiger partial charge in [0.2, 0.25) is 5.91 Å². The van der Waals surface area contributed by atoms with Gasteiger partial charge in [0.1, 0.15) is 11.6 Å². The molecule has 1 heterocycles. The van der Waals surface area contributed by atoms with Crippen LogP contribution in [0, 0.1) is 5.82 Å². The van der Waals surface area contributed by atoms with Crippen molar-refractivity contribution in [3.05, 3.63) is 51.6 Å². The fourth-order valence-electron chi connectivity index (χ4n) is 2.50. The van der Waals surface area contributed by atoms with Crippen molar-refractivity contribution in [1.29, 1.82) is 0 Å². The lowest BCUT2D eigenvalue weighted by Crippen LogP contribution is -2.25. The number of rotatable bonds is 6. The summed E-state index contributed by atoms with van der Waals surface area (Å²) in [5.74, 6) is 0.522. The summed E-state index contributed by atoms with van der Waals surface area (Å²) in [6.07, 6.45) is 0.198. The van der Waals surface area contributed by atoms with Crippen LogP contribution in [0.4, 0.5) is 4.39 Å². The van der Waals surface area contributed by atoms with Crippen molar-refractivity contribution in [2.24, 2.45) is 0 Å². The molecule has 0 aliphatic heterocycles. The summed E-state index contributed by atoms with van der Waals surface area (Å²) in [7, 11) is 0. The summed E-state index contributed by atoms with van der Waals surface area (Å²) >= 11 is 5.97. The number of nitrogens with one attached hydrogen (secondary N) is 1. The number of carbonyl (C=O) groups is 1. The molecule has 2 rings (SSSR count). The van der Waals surface area contributed by atoms with Crippen molar-refractivity contribution in [3.8, 4) is 0 Å². The molecule has 0 aliphatic rings. The molecule has 0 atom stereocenters. The van der Waals surface area contributed by atoms with Crippen LogP contribution in [0.5, 0.6) is 0 Å². The number of carbonyl (C=O) groups excluding carboxylic acids is 1. The average Bonchev–Trinajstić information content (AvgIpc) is 2.90. The molecule has 0 fully saturated rings. The minimum Gasteiger partial charge on any atom is -0.361 e. The van der Waals surface area contributed by atoms with Crippen LogP contribution in [0.25, 0.3) is 0 Å². The van der Waals surface area contributed by atoms with Crippen LogP contribution in [0.2, 0.25) is 5.02 Å². The Morgan fingerprint density at radius 2 is 2.00 bits per heavy atom. The predicted octanol–water partition coefficient (Wildman–Crippen LogP) is 4.57. The number of hydrogen-bond donors (Lipinski definition) is 1. The lowest BCUT2D eigenvalue weighted by Gasteiger charge is -2.10. The molecular weight excluding hydrogens is 331 g/mol. The van der Waals surface area contributed by atoms with Gasteiger partial charge in [0.05, 0.1) is 12.1 Å². The van der Waals surface area contributed by atoms with Gasteiger partial charge >= 0.3 is 0 Å². The van der Waals surface area contributed by atoms with Crippen molar-refractivity contribution in [1.82, 2.24) is 10.5 Å². The van der Waals surface area contributed by atoms with Gasteiger partial charge in [-0.3, -0.25) is 4.79 Å². The SMILES string of the molecule is CC(C)c1noc(C(C)C)c1CC(=O)NCc1ccc(F)cc1Cl. The highest BCUT2D eigenvalue weighted by Crippen LogP contribution is 2.27. The molecule has 130 valence electrons. The summed E-state index contributed by atoms with van der Waals surface area (Å²) in [5, 5.41) is 7.23. The van der Waals surface area contributed by atoms with Crippen molar-refractivity contribution in [3.63, 3.8) is 0 Å². The van der Waals surface area contributed by atoms with E-state index < -0.39 is 5.82 Å². The summed E-state index contributed by atoms with van der Waals surface area (Å²) in [5.41, 5.74) is 2.33. The Labute approximate surface area is 146 Å². The minimum absolute atomic E-state index is 0.151. The molecule has 0 unspecified atom stereocenters. The molecular formula is C18H22ClFN2O2. The van der Waals surface area contributed by atoms with E-state index in [9.17, 15) is 9.18 Å². The molecule has 0 spiro atoms. The number of amides is 1. The molecule has 6 heteroatoms. The maximum atomic E-state index is 13.0. The Morgan fingerprint density at radius 3 is 2.58 bits per heavy atom. The highest BCUT2D eigenvalue weighted by molar-refractivity contribution is 6.31. The van der Waals surface area contributed by atoms with E-state index in [-0.39, 0.29) is 30.7 Å². The van der Waals surface area contributed by atoms with E-state index in [1.807, 2.05) is 27.7 Å². The van der Waals surface area contributed by atoms with E-state index in [1.165, 1.54) is 12.1 Å². The monoisotopic (exact) mass is 352 g/mol. The quantitative estimate of drug-likeness (QED) is 0.828. The van der Waals surface area contributed by atoms with Crippen LogP contribution >= 0.6 is 11.6 Å². The smallest absolute Gasteiger partial charge is 0.224 e. The zero-order valence-corrected chi connectivity index (χ0v) is 15.1. The Bertz CT molecular complexity index is 700. The second-order valence-corrected chi connectivity index (χ2v) is 6.82. The number of halogens is 2. The first kappa shape index (κ1) is 18.5. The Balaban J connectivity index is 2.08. The summed E-state index contributed by atoms with van der Waals surface area (Å²) in [6.45, 7) is 8.29. The van der Waals surface area contributed by atoms with E-state index in [4.69, 9.17) is 16.1 Å². The van der Waals surface area contributed by atoms with Crippen LogP contribution < -0.4 is 5.32 Å². The first-order valence-corrected chi connectivity index (χ1v) is 8.36. The molecule has 4 nitrogen and oxygen atoms in total. The number of benzene rings is 1. The van der Waals surface area contributed by atoms with E-state index in [2.05, 4.69) is 10.5 Å². The fourth-order valence-corrected chi connectivity index (χ4v) is 2.74. The van der Waals surface area contributed by atoms with Gasteiger partial charge in [-0.2, -0.15) is 0 Å². The predicted molar refractivity (Wildman–Crippen MR) is 91.6 cm³/mol. The maximum Gasteiger partial charge on any atom is 0.224 e. The van der Waals surface area contributed by atoms with Crippen LogP contribution in [0.15, 0.2) is 22.7 Å². The molecule has 2 aromatic rings. The van der Waals surface area contributed by atoms with Crippen molar-refractivity contribution in [2.75, 3.05) is 0 Å². The van der Waals surface area contributed by atoms with E-state index in [1.54, 1.807) is 6.07 Å². The second kappa shape index (κ2) is 7.79. The zero-order chi connectivity index (χ0) is 17.9.